The van der Waals surface area contributed by atoms with Gasteiger partial charge in [-0.2, -0.15) is 4.31 Å². The number of rotatable bonds is 6. The molecule has 0 aliphatic rings. The van der Waals surface area contributed by atoms with Crippen LogP contribution in [0.5, 0.6) is 0 Å². The lowest BCUT2D eigenvalue weighted by Gasteiger charge is -2.22. The molecule has 26 heavy (non-hydrogen) atoms. The van der Waals surface area contributed by atoms with E-state index in [4.69, 9.17) is 23.2 Å². The molecule has 0 unspecified atom stereocenters. The predicted molar refractivity (Wildman–Crippen MR) is 104 cm³/mol. The second-order valence-electron chi connectivity index (χ2n) is 5.71. The maximum absolute atomic E-state index is 13.2. The summed E-state index contributed by atoms with van der Waals surface area (Å²) in [4.78, 5) is 4.26. The number of benzene rings is 2. The van der Waals surface area contributed by atoms with E-state index in [1.54, 1.807) is 42.7 Å². The van der Waals surface area contributed by atoms with Gasteiger partial charge >= 0.3 is 0 Å². The number of nitrogens with zero attached hydrogens (tertiary/aromatic N) is 2. The highest BCUT2D eigenvalue weighted by Crippen LogP contribution is 2.23. The minimum absolute atomic E-state index is 0.194. The fraction of sp³-hybridized carbons (Fsp3) is 0.105. The highest BCUT2D eigenvalue weighted by atomic mass is 35.5. The topological polar surface area (TPSA) is 50.3 Å². The third-order valence-electron chi connectivity index (χ3n) is 3.81. The van der Waals surface area contributed by atoms with E-state index in [0.717, 1.165) is 11.1 Å². The van der Waals surface area contributed by atoms with E-state index in [9.17, 15) is 8.42 Å². The number of halogens is 2. The fourth-order valence-electron chi connectivity index (χ4n) is 2.47. The first-order chi connectivity index (χ1) is 12.4. The molecule has 0 aliphatic heterocycles. The van der Waals surface area contributed by atoms with E-state index in [2.05, 4.69) is 4.98 Å². The van der Waals surface area contributed by atoms with Crippen LogP contribution in [0, 0.1) is 0 Å². The standard InChI is InChI=1S/C19H16Cl2N2O2S/c20-17-5-3-15(4-6-17)13-23(14-16-2-1-11-22-12-16)26(24,25)19-9-7-18(21)8-10-19/h1-12H,13-14H2. The summed E-state index contributed by atoms with van der Waals surface area (Å²) in [5.41, 5.74) is 1.65. The van der Waals surface area contributed by atoms with E-state index in [0.29, 0.717) is 10.0 Å². The average molecular weight is 407 g/mol. The molecule has 1 aromatic heterocycles. The van der Waals surface area contributed by atoms with Gasteiger partial charge in [-0.3, -0.25) is 4.98 Å². The molecule has 0 spiro atoms. The summed E-state index contributed by atoms with van der Waals surface area (Å²) < 4.78 is 27.7. The zero-order chi connectivity index (χ0) is 18.6. The van der Waals surface area contributed by atoms with Crippen LogP contribution < -0.4 is 0 Å². The van der Waals surface area contributed by atoms with Crippen LogP contribution in [0.4, 0.5) is 0 Å². The molecule has 0 saturated carbocycles. The molecule has 0 bridgehead atoms. The van der Waals surface area contributed by atoms with Gasteiger partial charge in [0.2, 0.25) is 10.0 Å². The Balaban J connectivity index is 1.95. The molecule has 2 aromatic carbocycles. The zero-order valence-electron chi connectivity index (χ0n) is 13.7. The molecule has 0 atom stereocenters. The Morgan fingerprint density at radius 1 is 0.808 bits per heavy atom. The highest BCUT2D eigenvalue weighted by Gasteiger charge is 2.25. The van der Waals surface area contributed by atoms with Crippen molar-refractivity contribution < 1.29 is 8.42 Å². The minimum atomic E-state index is -3.71. The van der Waals surface area contributed by atoms with Gasteiger partial charge in [0.05, 0.1) is 4.90 Å². The Morgan fingerprint density at radius 2 is 1.38 bits per heavy atom. The lowest BCUT2D eigenvalue weighted by Crippen LogP contribution is -2.30. The Bertz CT molecular complexity index is 961. The summed E-state index contributed by atoms with van der Waals surface area (Å²) in [5, 5.41) is 1.09. The molecule has 0 amide bonds. The predicted octanol–water partition coefficient (Wildman–Crippen LogP) is 4.78. The molecular formula is C19H16Cl2N2O2S. The first kappa shape index (κ1) is 18.9. The van der Waals surface area contributed by atoms with Gasteiger partial charge in [0.25, 0.3) is 0 Å². The number of sulfonamides is 1. The lowest BCUT2D eigenvalue weighted by atomic mass is 10.2. The summed E-state index contributed by atoms with van der Waals surface area (Å²) in [5.74, 6) is 0. The molecular weight excluding hydrogens is 391 g/mol. The maximum Gasteiger partial charge on any atom is 0.243 e. The molecule has 134 valence electrons. The van der Waals surface area contributed by atoms with Gasteiger partial charge in [-0.05, 0) is 53.6 Å². The first-order valence-electron chi connectivity index (χ1n) is 7.84. The van der Waals surface area contributed by atoms with Crippen LogP contribution in [0.2, 0.25) is 10.0 Å². The largest absolute Gasteiger partial charge is 0.264 e. The van der Waals surface area contributed by atoms with Crippen molar-refractivity contribution in [3.8, 4) is 0 Å². The van der Waals surface area contributed by atoms with Gasteiger partial charge in [-0.25, -0.2) is 8.42 Å². The van der Waals surface area contributed by atoms with E-state index < -0.39 is 10.0 Å². The molecule has 1 heterocycles. The number of pyridine rings is 1. The van der Waals surface area contributed by atoms with Crippen LogP contribution in [0.15, 0.2) is 78.0 Å². The van der Waals surface area contributed by atoms with E-state index in [1.807, 2.05) is 18.2 Å². The van der Waals surface area contributed by atoms with Crippen molar-refractivity contribution in [1.29, 1.82) is 0 Å². The van der Waals surface area contributed by atoms with Crippen LogP contribution in [0.1, 0.15) is 11.1 Å². The Hall–Kier alpha value is -1.92. The summed E-state index contributed by atoms with van der Waals surface area (Å²) in [7, 11) is -3.71. The SMILES string of the molecule is O=S(=O)(c1ccc(Cl)cc1)N(Cc1ccc(Cl)cc1)Cc1cccnc1. The zero-order valence-corrected chi connectivity index (χ0v) is 16.0. The lowest BCUT2D eigenvalue weighted by molar-refractivity contribution is 0.400. The molecule has 3 aromatic rings. The Labute approximate surface area is 163 Å². The van der Waals surface area contributed by atoms with Gasteiger partial charge < -0.3 is 0 Å². The van der Waals surface area contributed by atoms with Crippen LogP contribution in [0.3, 0.4) is 0 Å². The van der Waals surface area contributed by atoms with Crippen molar-refractivity contribution in [2.24, 2.45) is 0 Å². The fourth-order valence-corrected chi connectivity index (χ4v) is 4.14. The van der Waals surface area contributed by atoms with Gasteiger partial charge in [-0.1, -0.05) is 41.4 Å². The van der Waals surface area contributed by atoms with Crippen molar-refractivity contribution in [1.82, 2.24) is 9.29 Å². The van der Waals surface area contributed by atoms with Crippen molar-refractivity contribution >= 4 is 33.2 Å². The first-order valence-corrected chi connectivity index (χ1v) is 10.0. The van der Waals surface area contributed by atoms with Crippen molar-refractivity contribution in [2.45, 2.75) is 18.0 Å². The second kappa shape index (κ2) is 8.18. The maximum atomic E-state index is 13.2. The molecule has 0 N–H and O–H groups in total. The van der Waals surface area contributed by atoms with Crippen LogP contribution in [-0.4, -0.2) is 17.7 Å². The molecule has 0 saturated heterocycles. The smallest absolute Gasteiger partial charge is 0.243 e. The minimum Gasteiger partial charge on any atom is -0.264 e. The van der Waals surface area contributed by atoms with E-state index >= 15 is 0 Å². The molecule has 0 fully saturated rings. The number of hydrogen-bond acceptors (Lipinski definition) is 3. The molecule has 7 heteroatoms. The van der Waals surface area contributed by atoms with Gasteiger partial charge in [-0.15, -0.1) is 0 Å². The summed E-state index contributed by atoms with van der Waals surface area (Å²) >= 11 is 11.8. The van der Waals surface area contributed by atoms with Gasteiger partial charge in [0, 0.05) is 35.5 Å². The summed E-state index contributed by atoms with van der Waals surface area (Å²) in [6, 6.07) is 16.9. The van der Waals surface area contributed by atoms with E-state index in [1.165, 1.54) is 16.4 Å². The third-order valence-corrected chi connectivity index (χ3v) is 6.12. The summed E-state index contributed by atoms with van der Waals surface area (Å²) in [6.45, 7) is 0.429. The average Bonchev–Trinajstić information content (AvgIpc) is 2.64. The number of hydrogen-bond donors (Lipinski definition) is 0. The van der Waals surface area contributed by atoms with Gasteiger partial charge in [0.1, 0.15) is 0 Å². The molecule has 0 aliphatic carbocycles. The van der Waals surface area contributed by atoms with Crippen molar-refractivity contribution in [3.63, 3.8) is 0 Å². The monoisotopic (exact) mass is 406 g/mol. The summed E-state index contributed by atoms with van der Waals surface area (Å²) in [6.07, 6.45) is 3.31. The van der Waals surface area contributed by atoms with E-state index in [-0.39, 0.29) is 18.0 Å². The quantitative estimate of drug-likeness (QED) is 0.591. The Morgan fingerprint density at radius 3 is 1.96 bits per heavy atom. The van der Waals surface area contributed by atoms with Crippen molar-refractivity contribution in [2.75, 3.05) is 0 Å². The third kappa shape index (κ3) is 4.62. The normalized spacial score (nSPS) is 11.7. The molecule has 4 nitrogen and oxygen atoms in total. The van der Waals surface area contributed by atoms with Crippen LogP contribution in [-0.2, 0) is 23.1 Å². The van der Waals surface area contributed by atoms with Gasteiger partial charge in [0.15, 0.2) is 0 Å². The Kier molecular flexibility index (Phi) is 5.94. The number of aromatic nitrogens is 1. The molecule has 3 rings (SSSR count). The van der Waals surface area contributed by atoms with Crippen molar-refractivity contribution in [3.05, 3.63) is 94.2 Å². The van der Waals surface area contributed by atoms with Crippen LogP contribution >= 0.6 is 23.2 Å². The second-order valence-corrected chi connectivity index (χ2v) is 8.53. The van der Waals surface area contributed by atoms with Crippen LogP contribution in [0.25, 0.3) is 0 Å². The highest BCUT2D eigenvalue weighted by molar-refractivity contribution is 7.89. The molecule has 0 radical (unpaired) electrons.